The monoisotopic (exact) mass is 348 g/mol. The number of halogens is 1. The lowest BCUT2D eigenvalue weighted by atomic mass is 10.0. The Kier molecular flexibility index (Phi) is 3.73. The Bertz CT molecular complexity index is 1020. The molecule has 0 spiro atoms. The molecule has 1 aliphatic heterocycles. The summed E-state index contributed by atoms with van der Waals surface area (Å²) >= 11 is 0. The molecule has 5 nitrogen and oxygen atoms in total. The summed E-state index contributed by atoms with van der Waals surface area (Å²) in [6.45, 7) is 0. The van der Waals surface area contributed by atoms with Gasteiger partial charge in [0.2, 0.25) is 5.88 Å². The molecule has 0 fully saturated rings. The third-order valence-electron chi connectivity index (χ3n) is 4.19. The molecular formula is C20H13FN2O3. The van der Waals surface area contributed by atoms with Crippen LogP contribution in [0, 0.1) is 5.82 Å². The number of carbonyl (C=O) groups excluding carboxylic acids is 2. The molecule has 1 aromatic heterocycles. The number of hydrogen-bond acceptors (Lipinski definition) is 4. The Morgan fingerprint density at radius 2 is 1.65 bits per heavy atom. The van der Waals surface area contributed by atoms with E-state index in [-0.39, 0.29) is 17.0 Å². The number of carbonyl (C=O) groups is 2. The van der Waals surface area contributed by atoms with E-state index in [1.165, 1.54) is 37.4 Å². The summed E-state index contributed by atoms with van der Waals surface area (Å²) in [7, 11) is 1.45. The van der Waals surface area contributed by atoms with Gasteiger partial charge in [0.1, 0.15) is 5.82 Å². The van der Waals surface area contributed by atoms with Crippen molar-refractivity contribution in [2.24, 2.45) is 0 Å². The first-order valence-electron chi connectivity index (χ1n) is 7.89. The fourth-order valence-corrected chi connectivity index (χ4v) is 2.97. The molecule has 1 aliphatic rings. The van der Waals surface area contributed by atoms with Crippen LogP contribution >= 0.6 is 0 Å². The molecule has 0 unspecified atom stereocenters. The molecule has 0 saturated carbocycles. The Morgan fingerprint density at radius 1 is 0.962 bits per heavy atom. The quantitative estimate of drug-likeness (QED) is 0.677. The predicted molar refractivity (Wildman–Crippen MR) is 93.8 cm³/mol. The first kappa shape index (κ1) is 16.0. The highest BCUT2D eigenvalue weighted by Gasteiger charge is 2.40. The van der Waals surface area contributed by atoms with Gasteiger partial charge in [-0.2, -0.15) is 0 Å². The highest BCUT2D eigenvalue weighted by atomic mass is 19.1. The van der Waals surface area contributed by atoms with Crippen LogP contribution in [-0.4, -0.2) is 23.9 Å². The zero-order chi connectivity index (χ0) is 18.3. The fraction of sp³-hybridized carbons (Fsp3) is 0.0500. The number of pyridine rings is 1. The third-order valence-corrected chi connectivity index (χ3v) is 4.19. The highest BCUT2D eigenvalue weighted by molar-refractivity contribution is 6.36. The van der Waals surface area contributed by atoms with Crippen molar-refractivity contribution >= 4 is 17.5 Å². The number of fused-ring (bicyclic) bond motifs is 1. The first-order valence-corrected chi connectivity index (χ1v) is 7.89. The van der Waals surface area contributed by atoms with Crippen LogP contribution in [-0.2, 0) is 0 Å². The van der Waals surface area contributed by atoms with Crippen molar-refractivity contribution in [3.8, 4) is 17.1 Å². The van der Waals surface area contributed by atoms with Crippen LogP contribution in [0.15, 0.2) is 60.7 Å². The summed E-state index contributed by atoms with van der Waals surface area (Å²) in [6, 6.07) is 15.7. The molecule has 0 atom stereocenters. The molecule has 2 heterocycles. The van der Waals surface area contributed by atoms with Crippen LogP contribution in [0.25, 0.3) is 11.3 Å². The number of nitrogens with zero attached hydrogens (tertiary/aromatic N) is 2. The second kappa shape index (κ2) is 6.07. The standard InChI is InChI=1S/C20H13FN2O3/c1-26-16-11-15-17(18(22-16)12-5-3-2-4-6-12)20(25)23(19(15)24)14-9-7-13(21)8-10-14/h2-11H,1H3. The summed E-state index contributed by atoms with van der Waals surface area (Å²) in [5.74, 6) is -1.19. The number of amides is 2. The molecule has 2 aromatic carbocycles. The predicted octanol–water partition coefficient (Wildman–Crippen LogP) is 3.70. The van der Waals surface area contributed by atoms with Gasteiger partial charge < -0.3 is 4.74 Å². The average Bonchev–Trinajstić information content (AvgIpc) is 2.93. The van der Waals surface area contributed by atoms with Crippen LogP contribution in [0.5, 0.6) is 5.88 Å². The second-order valence-corrected chi connectivity index (χ2v) is 5.72. The largest absolute Gasteiger partial charge is 0.481 e. The van der Waals surface area contributed by atoms with E-state index in [1.807, 2.05) is 18.2 Å². The minimum Gasteiger partial charge on any atom is -0.481 e. The van der Waals surface area contributed by atoms with Gasteiger partial charge in [0, 0.05) is 11.6 Å². The van der Waals surface area contributed by atoms with Gasteiger partial charge in [-0.15, -0.1) is 0 Å². The van der Waals surface area contributed by atoms with E-state index in [9.17, 15) is 14.0 Å². The van der Waals surface area contributed by atoms with Gasteiger partial charge in [0.25, 0.3) is 11.8 Å². The van der Waals surface area contributed by atoms with Crippen LogP contribution in [0.3, 0.4) is 0 Å². The van der Waals surface area contributed by atoms with Gasteiger partial charge >= 0.3 is 0 Å². The van der Waals surface area contributed by atoms with Gasteiger partial charge in [-0.1, -0.05) is 30.3 Å². The number of rotatable bonds is 3. The number of imide groups is 1. The Balaban J connectivity index is 1.91. The molecule has 128 valence electrons. The van der Waals surface area contributed by atoms with Gasteiger partial charge in [-0.25, -0.2) is 14.3 Å². The SMILES string of the molecule is COc1cc2c(c(-c3ccccc3)n1)C(=O)N(c1ccc(F)cc1)C2=O. The topological polar surface area (TPSA) is 59.5 Å². The first-order chi connectivity index (χ1) is 12.6. The lowest BCUT2D eigenvalue weighted by molar-refractivity contribution is 0.0926. The average molecular weight is 348 g/mol. The van der Waals surface area contributed by atoms with Crippen molar-refractivity contribution < 1.29 is 18.7 Å². The zero-order valence-corrected chi connectivity index (χ0v) is 13.8. The minimum absolute atomic E-state index is 0.213. The normalized spacial score (nSPS) is 13.1. The van der Waals surface area contributed by atoms with Crippen molar-refractivity contribution in [1.29, 1.82) is 0 Å². The van der Waals surface area contributed by atoms with Crippen molar-refractivity contribution in [3.05, 3.63) is 77.6 Å². The van der Waals surface area contributed by atoms with Crippen LogP contribution in [0.1, 0.15) is 20.7 Å². The van der Waals surface area contributed by atoms with Gasteiger partial charge in [-0.05, 0) is 24.3 Å². The maximum absolute atomic E-state index is 13.2. The number of aromatic nitrogens is 1. The summed E-state index contributed by atoms with van der Waals surface area (Å²) in [5, 5.41) is 0. The van der Waals surface area contributed by atoms with Crippen molar-refractivity contribution in [3.63, 3.8) is 0 Å². The van der Waals surface area contributed by atoms with E-state index < -0.39 is 17.6 Å². The lowest BCUT2D eigenvalue weighted by Gasteiger charge is -2.13. The number of ether oxygens (including phenoxy) is 1. The summed E-state index contributed by atoms with van der Waals surface area (Å²) < 4.78 is 18.4. The van der Waals surface area contributed by atoms with Crippen LogP contribution in [0.2, 0.25) is 0 Å². The number of benzene rings is 2. The van der Waals surface area contributed by atoms with E-state index in [0.717, 1.165) is 4.90 Å². The summed E-state index contributed by atoms with van der Waals surface area (Å²) in [6.07, 6.45) is 0. The van der Waals surface area contributed by atoms with Gasteiger partial charge in [0.05, 0.1) is 29.6 Å². The van der Waals surface area contributed by atoms with E-state index in [0.29, 0.717) is 16.9 Å². The number of anilines is 1. The van der Waals surface area contributed by atoms with Crippen molar-refractivity contribution in [2.45, 2.75) is 0 Å². The Morgan fingerprint density at radius 3 is 2.31 bits per heavy atom. The molecule has 4 rings (SSSR count). The van der Waals surface area contributed by atoms with Crippen LogP contribution in [0.4, 0.5) is 10.1 Å². The molecule has 0 aliphatic carbocycles. The van der Waals surface area contributed by atoms with E-state index in [1.54, 1.807) is 12.1 Å². The smallest absolute Gasteiger partial charge is 0.268 e. The molecule has 0 radical (unpaired) electrons. The highest BCUT2D eigenvalue weighted by Crippen LogP contribution is 2.36. The lowest BCUT2D eigenvalue weighted by Crippen LogP contribution is -2.29. The second-order valence-electron chi connectivity index (χ2n) is 5.72. The molecule has 0 N–H and O–H groups in total. The minimum atomic E-state index is -0.495. The van der Waals surface area contributed by atoms with Crippen molar-refractivity contribution in [2.75, 3.05) is 12.0 Å². The molecular weight excluding hydrogens is 335 g/mol. The molecule has 0 saturated heterocycles. The Hall–Kier alpha value is -3.54. The summed E-state index contributed by atoms with van der Waals surface area (Å²) in [5.41, 5.74) is 1.81. The maximum atomic E-state index is 13.2. The molecule has 6 heteroatoms. The summed E-state index contributed by atoms with van der Waals surface area (Å²) in [4.78, 5) is 31.3. The van der Waals surface area contributed by atoms with Crippen molar-refractivity contribution in [1.82, 2.24) is 4.98 Å². The van der Waals surface area contributed by atoms with Gasteiger partial charge in [0.15, 0.2) is 0 Å². The molecule has 3 aromatic rings. The maximum Gasteiger partial charge on any atom is 0.268 e. The van der Waals surface area contributed by atoms with Gasteiger partial charge in [-0.3, -0.25) is 9.59 Å². The fourth-order valence-electron chi connectivity index (χ4n) is 2.97. The van der Waals surface area contributed by atoms with E-state index >= 15 is 0 Å². The molecule has 0 bridgehead atoms. The molecule has 26 heavy (non-hydrogen) atoms. The number of hydrogen-bond donors (Lipinski definition) is 0. The number of methoxy groups -OCH3 is 1. The van der Waals surface area contributed by atoms with Crippen LogP contribution < -0.4 is 9.64 Å². The zero-order valence-electron chi connectivity index (χ0n) is 13.8. The van der Waals surface area contributed by atoms with E-state index in [2.05, 4.69) is 4.98 Å². The Labute approximate surface area is 148 Å². The molecule has 2 amide bonds. The van der Waals surface area contributed by atoms with E-state index in [4.69, 9.17) is 4.74 Å². The third kappa shape index (κ3) is 2.43.